The number of carbonyl (C=O) groups excluding carboxylic acids is 1. The van der Waals surface area contributed by atoms with Crippen LogP contribution in [0.2, 0.25) is 0 Å². The molecule has 8 heteroatoms. The van der Waals surface area contributed by atoms with Crippen molar-refractivity contribution in [1.29, 1.82) is 0 Å². The third kappa shape index (κ3) is 3.72. The molecule has 2 aromatic carbocycles. The van der Waals surface area contributed by atoms with Crippen LogP contribution < -0.4 is 21.1 Å². The number of aromatic nitrogens is 1. The Bertz CT molecular complexity index is 1240. The molecule has 0 bridgehead atoms. The molecule has 1 aliphatic carbocycles. The molecule has 1 amide bonds. The van der Waals surface area contributed by atoms with Crippen molar-refractivity contribution in [2.75, 3.05) is 22.1 Å². The molecule has 0 saturated heterocycles. The van der Waals surface area contributed by atoms with Crippen LogP contribution in [0.25, 0.3) is 0 Å². The van der Waals surface area contributed by atoms with Gasteiger partial charge in [-0.1, -0.05) is 18.2 Å². The Balaban J connectivity index is 1.66. The molecule has 5 rings (SSSR count). The van der Waals surface area contributed by atoms with E-state index in [9.17, 15) is 14.7 Å². The Kier molecular flexibility index (Phi) is 5.30. The van der Waals surface area contributed by atoms with Crippen LogP contribution in [0.3, 0.4) is 0 Å². The lowest BCUT2D eigenvalue weighted by atomic mass is 10.1. The first-order chi connectivity index (χ1) is 16.0. The van der Waals surface area contributed by atoms with E-state index in [2.05, 4.69) is 10.6 Å². The van der Waals surface area contributed by atoms with E-state index in [4.69, 9.17) is 0 Å². The van der Waals surface area contributed by atoms with Crippen molar-refractivity contribution in [3.05, 3.63) is 76.6 Å². The van der Waals surface area contributed by atoms with Crippen LogP contribution in [0, 0.1) is 0 Å². The number of amides is 1. The molecule has 170 valence electrons. The first kappa shape index (κ1) is 21.1. The van der Waals surface area contributed by atoms with E-state index in [1.807, 2.05) is 61.5 Å². The summed E-state index contributed by atoms with van der Waals surface area (Å²) in [5.41, 5.74) is 2.97. The summed E-state index contributed by atoms with van der Waals surface area (Å²) in [6.45, 7) is 2.85. The summed E-state index contributed by atoms with van der Waals surface area (Å²) in [5, 5.41) is 17.8. The number of rotatable bonds is 6. The molecule has 2 aliphatic rings. The maximum absolute atomic E-state index is 13.7. The number of benzene rings is 2. The van der Waals surface area contributed by atoms with Crippen LogP contribution in [0.1, 0.15) is 30.1 Å². The summed E-state index contributed by atoms with van der Waals surface area (Å²) in [7, 11) is 1.62. The van der Waals surface area contributed by atoms with Gasteiger partial charge in [0, 0.05) is 42.8 Å². The fourth-order valence-corrected chi connectivity index (χ4v) is 4.33. The highest BCUT2D eigenvalue weighted by atomic mass is 16.3. The summed E-state index contributed by atoms with van der Waals surface area (Å²) in [6, 6.07) is 18.5. The van der Waals surface area contributed by atoms with Gasteiger partial charge in [-0.05, 0) is 56.2 Å². The van der Waals surface area contributed by atoms with Gasteiger partial charge in [-0.3, -0.25) is 24.0 Å². The van der Waals surface area contributed by atoms with Crippen molar-refractivity contribution in [2.45, 2.75) is 32.2 Å². The van der Waals surface area contributed by atoms with Crippen LogP contribution in [0.5, 0.6) is 0 Å². The van der Waals surface area contributed by atoms with Crippen molar-refractivity contribution in [2.24, 2.45) is 7.05 Å². The van der Waals surface area contributed by atoms with Crippen LogP contribution >= 0.6 is 0 Å². The van der Waals surface area contributed by atoms with Crippen molar-refractivity contribution in [3.8, 4) is 0 Å². The number of anilines is 5. The van der Waals surface area contributed by atoms with Gasteiger partial charge in [0.15, 0.2) is 0 Å². The molecular weight excluding hydrogens is 418 g/mol. The number of nitrogens with one attached hydrogen (secondary N) is 2. The fourth-order valence-electron chi connectivity index (χ4n) is 4.33. The van der Waals surface area contributed by atoms with Crippen molar-refractivity contribution in [3.63, 3.8) is 0 Å². The number of para-hydroxylation sites is 1. The van der Waals surface area contributed by atoms with Crippen LogP contribution in [-0.4, -0.2) is 39.4 Å². The average molecular weight is 446 g/mol. The van der Waals surface area contributed by atoms with Gasteiger partial charge >= 0.3 is 0 Å². The Morgan fingerprint density at radius 2 is 1.67 bits per heavy atom. The maximum Gasteiger partial charge on any atom is 0.263 e. The molecule has 1 aliphatic heterocycles. The largest absolute Gasteiger partial charge is 0.385 e. The summed E-state index contributed by atoms with van der Waals surface area (Å²) in [6.07, 6.45) is 0.502. The standard InChI is InChI=1S/C25H27N5O3/c1-3-26-16-9-11-17(12-10-16)27-20-15-21(31)28(2)23-22(20)24(32)30(19-13-14-19)25(33)29(23)18-7-5-4-6-8-18/h4-12,15,19,25-27,33H,3,13-14H2,1-2H3. The summed E-state index contributed by atoms with van der Waals surface area (Å²) >= 11 is 0. The number of carbonyl (C=O) groups is 1. The van der Waals surface area contributed by atoms with Crippen molar-refractivity contribution >= 4 is 34.5 Å². The number of hydrogen-bond donors (Lipinski definition) is 3. The zero-order valence-electron chi connectivity index (χ0n) is 18.7. The Morgan fingerprint density at radius 3 is 2.30 bits per heavy atom. The predicted octanol–water partition coefficient (Wildman–Crippen LogP) is 3.59. The predicted molar refractivity (Wildman–Crippen MR) is 129 cm³/mol. The van der Waals surface area contributed by atoms with E-state index in [1.54, 1.807) is 11.9 Å². The molecule has 3 N–H and O–H groups in total. The second kappa shape index (κ2) is 8.29. The van der Waals surface area contributed by atoms with Gasteiger partial charge in [-0.15, -0.1) is 0 Å². The number of aliphatic hydroxyl groups is 1. The van der Waals surface area contributed by atoms with E-state index >= 15 is 0 Å². The number of fused-ring (bicyclic) bond motifs is 1. The summed E-state index contributed by atoms with van der Waals surface area (Å²) in [5.74, 6) is 0.0874. The monoisotopic (exact) mass is 445 g/mol. The van der Waals surface area contributed by atoms with Gasteiger partial charge in [-0.2, -0.15) is 0 Å². The van der Waals surface area contributed by atoms with Gasteiger partial charge in [0.25, 0.3) is 11.5 Å². The topological polar surface area (TPSA) is 89.8 Å². The van der Waals surface area contributed by atoms with Gasteiger partial charge < -0.3 is 15.7 Å². The molecule has 0 radical (unpaired) electrons. The fraction of sp³-hybridized carbons (Fsp3) is 0.280. The van der Waals surface area contributed by atoms with E-state index in [-0.39, 0.29) is 17.5 Å². The minimum atomic E-state index is -1.19. The molecule has 3 aromatic rings. The van der Waals surface area contributed by atoms with Crippen LogP contribution in [0.4, 0.5) is 28.6 Å². The zero-order valence-corrected chi connectivity index (χ0v) is 18.7. The minimum Gasteiger partial charge on any atom is -0.385 e. The summed E-state index contributed by atoms with van der Waals surface area (Å²) < 4.78 is 1.42. The molecule has 33 heavy (non-hydrogen) atoms. The lowest BCUT2D eigenvalue weighted by Gasteiger charge is -2.43. The summed E-state index contributed by atoms with van der Waals surface area (Å²) in [4.78, 5) is 29.8. The first-order valence-corrected chi connectivity index (χ1v) is 11.2. The minimum absolute atomic E-state index is 0.0173. The quantitative estimate of drug-likeness (QED) is 0.537. The lowest BCUT2D eigenvalue weighted by molar-refractivity contribution is 0.00267. The van der Waals surface area contributed by atoms with Gasteiger partial charge in [0.1, 0.15) is 11.4 Å². The van der Waals surface area contributed by atoms with E-state index in [1.165, 1.54) is 15.5 Å². The van der Waals surface area contributed by atoms with Crippen molar-refractivity contribution < 1.29 is 9.90 Å². The average Bonchev–Trinajstić information content (AvgIpc) is 3.64. The molecule has 1 saturated carbocycles. The van der Waals surface area contributed by atoms with E-state index < -0.39 is 6.35 Å². The zero-order chi connectivity index (χ0) is 23.1. The SMILES string of the molecule is CCNc1ccc(Nc2cc(=O)n(C)c3c2C(=O)N(C2CC2)C(O)N3c2ccccc2)cc1. The highest BCUT2D eigenvalue weighted by Crippen LogP contribution is 2.43. The van der Waals surface area contributed by atoms with Crippen LogP contribution in [-0.2, 0) is 7.05 Å². The maximum atomic E-state index is 13.7. The molecule has 8 nitrogen and oxygen atoms in total. The Labute approximate surface area is 192 Å². The van der Waals surface area contributed by atoms with Gasteiger partial charge in [-0.25, -0.2) is 0 Å². The Morgan fingerprint density at radius 1 is 1.00 bits per heavy atom. The second-order valence-electron chi connectivity index (χ2n) is 8.38. The molecule has 1 fully saturated rings. The number of aliphatic hydroxyl groups excluding tert-OH is 1. The van der Waals surface area contributed by atoms with Gasteiger partial charge in [0.2, 0.25) is 6.35 Å². The smallest absolute Gasteiger partial charge is 0.263 e. The van der Waals surface area contributed by atoms with Crippen molar-refractivity contribution in [1.82, 2.24) is 9.47 Å². The Hall–Kier alpha value is -3.78. The van der Waals surface area contributed by atoms with E-state index in [0.29, 0.717) is 22.8 Å². The molecule has 1 unspecified atom stereocenters. The number of nitrogens with zero attached hydrogens (tertiary/aromatic N) is 3. The number of hydrogen-bond acceptors (Lipinski definition) is 6. The molecular formula is C25H27N5O3. The van der Waals surface area contributed by atoms with Crippen LogP contribution in [0.15, 0.2) is 65.5 Å². The molecule has 0 spiro atoms. The third-order valence-electron chi connectivity index (χ3n) is 6.08. The van der Waals surface area contributed by atoms with Gasteiger partial charge in [0.05, 0.1) is 5.69 Å². The van der Waals surface area contributed by atoms with E-state index in [0.717, 1.165) is 30.8 Å². The highest BCUT2D eigenvalue weighted by molar-refractivity contribution is 6.07. The normalized spacial score (nSPS) is 17.7. The second-order valence-corrected chi connectivity index (χ2v) is 8.38. The third-order valence-corrected chi connectivity index (χ3v) is 6.08. The highest BCUT2D eigenvalue weighted by Gasteiger charge is 2.47. The molecule has 1 atom stereocenters. The number of pyridine rings is 1. The molecule has 2 heterocycles. The lowest BCUT2D eigenvalue weighted by Crippen LogP contribution is -2.56. The molecule has 1 aromatic heterocycles. The first-order valence-electron chi connectivity index (χ1n) is 11.2.